The van der Waals surface area contributed by atoms with E-state index < -0.39 is 0 Å². The molecule has 0 saturated heterocycles. The molecule has 10 aromatic rings. The van der Waals surface area contributed by atoms with Crippen LogP contribution in [0, 0.1) is 0 Å². The summed E-state index contributed by atoms with van der Waals surface area (Å²) in [4.78, 5) is 0. The smallest absolute Gasteiger partial charge is 0.0541 e. The van der Waals surface area contributed by atoms with E-state index in [2.05, 4.69) is 156 Å². The average Bonchev–Trinajstić information content (AvgIpc) is 3.42. The van der Waals surface area contributed by atoms with Crippen molar-refractivity contribution in [1.82, 2.24) is 4.57 Å². The predicted octanol–water partition coefficient (Wildman–Crippen LogP) is 11.7. The summed E-state index contributed by atoms with van der Waals surface area (Å²) in [6, 6.07) is 56.0. The van der Waals surface area contributed by atoms with E-state index in [4.69, 9.17) is 0 Å². The van der Waals surface area contributed by atoms with Crippen LogP contribution in [0.4, 0.5) is 0 Å². The first-order valence-electron chi connectivity index (χ1n) is 15.0. The van der Waals surface area contributed by atoms with Crippen LogP contribution in [0.2, 0.25) is 0 Å². The predicted molar refractivity (Wildman–Crippen MR) is 185 cm³/mol. The van der Waals surface area contributed by atoms with Crippen LogP contribution >= 0.6 is 0 Å². The van der Waals surface area contributed by atoms with Crippen molar-refractivity contribution in [2.45, 2.75) is 0 Å². The summed E-state index contributed by atoms with van der Waals surface area (Å²) in [7, 11) is 0. The van der Waals surface area contributed by atoms with Crippen LogP contribution < -0.4 is 0 Å². The largest absolute Gasteiger partial charge is 0.309 e. The molecule has 10 rings (SSSR count). The number of nitrogens with zero attached hydrogens (tertiary/aromatic N) is 1. The highest BCUT2D eigenvalue weighted by Gasteiger charge is 2.17. The summed E-state index contributed by atoms with van der Waals surface area (Å²) < 4.78 is 2.40. The SMILES string of the molecule is c1cc(-c2ccc3c(c2)c2cccc4c5ccccc5c5cccc3c5c42)cc(-n2c3ccccc3c3ccccc32)c1. The molecule has 0 saturated carbocycles. The zero-order valence-electron chi connectivity index (χ0n) is 23.4. The summed E-state index contributed by atoms with van der Waals surface area (Å²) in [6.45, 7) is 0. The molecule has 43 heavy (non-hydrogen) atoms. The number of benzene rings is 9. The van der Waals surface area contributed by atoms with Gasteiger partial charge in [0, 0.05) is 16.5 Å². The lowest BCUT2D eigenvalue weighted by molar-refractivity contribution is 1.18. The first-order chi connectivity index (χ1) is 21.3. The van der Waals surface area contributed by atoms with E-state index in [1.54, 1.807) is 0 Å². The minimum absolute atomic E-state index is 1.18. The zero-order chi connectivity index (χ0) is 28.1. The van der Waals surface area contributed by atoms with E-state index >= 15 is 0 Å². The molecule has 0 spiro atoms. The lowest BCUT2D eigenvalue weighted by atomic mass is 9.85. The van der Waals surface area contributed by atoms with E-state index in [-0.39, 0.29) is 0 Å². The molecule has 1 heteroatoms. The molecule has 1 nitrogen and oxygen atoms in total. The zero-order valence-corrected chi connectivity index (χ0v) is 23.4. The third kappa shape index (κ3) is 3.06. The van der Waals surface area contributed by atoms with Gasteiger partial charge in [0.25, 0.3) is 0 Å². The molecule has 0 amide bonds. The van der Waals surface area contributed by atoms with Gasteiger partial charge in [-0.25, -0.2) is 0 Å². The van der Waals surface area contributed by atoms with Gasteiger partial charge in [-0.1, -0.05) is 121 Å². The molecule has 0 aliphatic carbocycles. The van der Waals surface area contributed by atoms with Gasteiger partial charge in [0.1, 0.15) is 0 Å². The fourth-order valence-corrected chi connectivity index (χ4v) is 7.70. The summed E-state index contributed by atoms with van der Waals surface area (Å²) in [6.07, 6.45) is 0. The Morgan fingerprint density at radius 2 is 0.721 bits per heavy atom. The first-order valence-corrected chi connectivity index (χ1v) is 15.0. The van der Waals surface area contributed by atoms with Crippen molar-refractivity contribution in [2.75, 3.05) is 0 Å². The van der Waals surface area contributed by atoms with Gasteiger partial charge >= 0.3 is 0 Å². The van der Waals surface area contributed by atoms with Crippen LogP contribution in [0.5, 0.6) is 0 Å². The van der Waals surface area contributed by atoms with Crippen LogP contribution in [0.3, 0.4) is 0 Å². The Morgan fingerprint density at radius 1 is 0.279 bits per heavy atom. The molecule has 9 aromatic carbocycles. The van der Waals surface area contributed by atoms with Crippen molar-refractivity contribution < 1.29 is 0 Å². The second kappa shape index (κ2) is 8.44. The van der Waals surface area contributed by atoms with Crippen LogP contribution in [0.1, 0.15) is 0 Å². The van der Waals surface area contributed by atoms with Crippen molar-refractivity contribution >= 4 is 75.7 Å². The highest BCUT2D eigenvalue weighted by Crippen LogP contribution is 2.45. The number of hydrogen-bond acceptors (Lipinski definition) is 0. The van der Waals surface area contributed by atoms with E-state index in [0.29, 0.717) is 0 Å². The van der Waals surface area contributed by atoms with E-state index in [9.17, 15) is 0 Å². The standard InChI is InChI=1S/C42H25N/c1-2-13-30-29(12-1)34-16-8-18-36-31-23-22-27(25-38(31)37-19-9-17-35(30)42(37)41(34)36)26-10-7-11-28(24-26)43-39-20-5-3-14-32(39)33-15-4-6-21-40(33)43/h1-25H. The maximum Gasteiger partial charge on any atom is 0.0541 e. The van der Waals surface area contributed by atoms with E-state index in [1.165, 1.54) is 92.5 Å². The molecular weight excluding hydrogens is 518 g/mol. The molecule has 1 heterocycles. The fraction of sp³-hybridized carbons (Fsp3) is 0. The minimum Gasteiger partial charge on any atom is -0.309 e. The molecule has 1 aromatic heterocycles. The lowest BCUT2D eigenvalue weighted by Gasteiger charge is -2.18. The Balaban J connectivity index is 1.26. The molecular formula is C42H25N. The van der Waals surface area contributed by atoms with Gasteiger partial charge in [-0.2, -0.15) is 0 Å². The summed E-state index contributed by atoms with van der Waals surface area (Å²) in [5.74, 6) is 0. The number of rotatable bonds is 2. The van der Waals surface area contributed by atoms with Gasteiger partial charge in [0.05, 0.1) is 11.0 Å². The summed E-state index contributed by atoms with van der Waals surface area (Å²) in [5.41, 5.74) is 6.09. The Kier molecular flexibility index (Phi) is 4.51. The monoisotopic (exact) mass is 543 g/mol. The van der Waals surface area contributed by atoms with E-state index in [0.717, 1.165) is 0 Å². The number of para-hydroxylation sites is 2. The van der Waals surface area contributed by atoms with Gasteiger partial charge in [-0.3, -0.25) is 0 Å². The maximum atomic E-state index is 2.41. The third-order valence-electron chi connectivity index (χ3n) is 9.50. The fourth-order valence-electron chi connectivity index (χ4n) is 7.70. The van der Waals surface area contributed by atoms with Gasteiger partial charge in [0.2, 0.25) is 0 Å². The molecule has 0 N–H and O–H groups in total. The lowest BCUT2D eigenvalue weighted by Crippen LogP contribution is -1.94. The normalized spacial score (nSPS) is 12.2. The van der Waals surface area contributed by atoms with Crippen molar-refractivity contribution in [2.24, 2.45) is 0 Å². The molecule has 0 bridgehead atoms. The Hall–Kier alpha value is -5.66. The molecule has 0 atom stereocenters. The second-order valence-corrected chi connectivity index (χ2v) is 11.7. The van der Waals surface area contributed by atoms with Gasteiger partial charge in [0.15, 0.2) is 0 Å². The van der Waals surface area contributed by atoms with Crippen LogP contribution in [0.25, 0.3) is 92.5 Å². The van der Waals surface area contributed by atoms with Gasteiger partial charge in [-0.15, -0.1) is 0 Å². The highest BCUT2D eigenvalue weighted by atomic mass is 15.0. The molecule has 0 fully saturated rings. The Morgan fingerprint density at radius 3 is 1.33 bits per heavy atom. The Bertz CT molecular complexity index is 2670. The first kappa shape index (κ1) is 23.0. The minimum atomic E-state index is 1.18. The molecule has 0 aliphatic rings. The van der Waals surface area contributed by atoms with Crippen LogP contribution in [-0.4, -0.2) is 4.57 Å². The second-order valence-electron chi connectivity index (χ2n) is 11.7. The number of fused-ring (bicyclic) bond motifs is 9. The van der Waals surface area contributed by atoms with Crippen molar-refractivity contribution in [3.05, 3.63) is 152 Å². The quantitative estimate of drug-likeness (QED) is 0.151. The maximum absolute atomic E-state index is 2.41. The third-order valence-corrected chi connectivity index (χ3v) is 9.50. The van der Waals surface area contributed by atoms with Crippen LogP contribution in [-0.2, 0) is 0 Å². The van der Waals surface area contributed by atoms with Crippen molar-refractivity contribution in [1.29, 1.82) is 0 Å². The average molecular weight is 544 g/mol. The van der Waals surface area contributed by atoms with Gasteiger partial charge in [-0.05, 0) is 95.3 Å². The van der Waals surface area contributed by atoms with Gasteiger partial charge < -0.3 is 4.57 Å². The van der Waals surface area contributed by atoms with E-state index in [1.807, 2.05) is 0 Å². The molecule has 0 radical (unpaired) electrons. The van der Waals surface area contributed by atoms with Crippen LogP contribution in [0.15, 0.2) is 152 Å². The number of aromatic nitrogens is 1. The Labute approximate surface area is 248 Å². The van der Waals surface area contributed by atoms with Crippen molar-refractivity contribution in [3.8, 4) is 16.8 Å². The molecule has 198 valence electrons. The summed E-state index contributed by atoms with van der Waals surface area (Å²) in [5, 5.41) is 15.9. The molecule has 0 aliphatic heterocycles. The highest BCUT2D eigenvalue weighted by molar-refractivity contribution is 6.40. The topological polar surface area (TPSA) is 4.93 Å². The van der Waals surface area contributed by atoms with Crippen molar-refractivity contribution in [3.63, 3.8) is 0 Å². The summed E-state index contributed by atoms with van der Waals surface area (Å²) >= 11 is 0. The molecule has 0 unspecified atom stereocenters. The number of hydrogen-bond donors (Lipinski definition) is 0.